The molecule has 0 radical (unpaired) electrons. The molecule has 0 amide bonds. The molecule has 8 nitrogen and oxygen atoms in total. The molecular formula is C25H25N5O3. The van der Waals surface area contributed by atoms with Gasteiger partial charge in [-0.25, -0.2) is 4.98 Å². The summed E-state index contributed by atoms with van der Waals surface area (Å²) in [6.45, 7) is 6.59. The molecule has 4 aromatic rings. The lowest BCUT2D eigenvalue weighted by Gasteiger charge is -2.36. The number of nitro benzene ring substituents is 1. The van der Waals surface area contributed by atoms with Crippen molar-refractivity contribution in [3.63, 3.8) is 0 Å². The van der Waals surface area contributed by atoms with Gasteiger partial charge in [-0.05, 0) is 49.2 Å². The number of fused-ring (bicyclic) bond motifs is 2. The quantitative estimate of drug-likeness (QED) is 0.271. The summed E-state index contributed by atoms with van der Waals surface area (Å²) in [6.07, 6.45) is 1.77. The second-order valence-corrected chi connectivity index (χ2v) is 8.64. The molecule has 33 heavy (non-hydrogen) atoms. The van der Waals surface area contributed by atoms with Crippen molar-refractivity contribution >= 4 is 39.0 Å². The zero-order valence-electron chi connectivity index (χ0n) is 18.9. The summed E-state index contributed by atoms with van der Waals surface area (Å²) in [7, 11) is 1.91. The molecule has 2 aromatic heterocycles. The number of aromatic nitrogens is 2. The number of hydrogen-bond acceptors (Lipinski definition) is 6. The molecule has 2 aromatic carbocycles. The zero-order chi connectivity index (χ0) is 23.3. The molecule has 168 valence electrons. The topological polar surface area (TPSA) is 84.5 Å². The highest BCUT2D eigenvalue weighted by Gasteiger charge is 2.26. The van der Waals surface area contributed by atoms with Gasteiger partial charge < -0.3 is 14.4 Å². The van der Waals surface area contributed by atoms with E-state index >= 15 is 0 Å². The fourth-order valence-electron chi connectivity index (χ4n) is 4.91. The Balaban J connectivity index is 1.63. The van der Waals surface area contributed by atoms with Crippen LogP contribution in [0.1, 0.15) is 11.1 Å². The molecule has 0 spiro atoms. The van der Waals surface area contributed by atoms with E-state index in [4.69, 9.17) is 0 Å². The first kappa shape index (κ1) is 20.9. The number of pyridine rings is 2. The first-order chi connectivity index (χ1) is 15.8. The molecule has 0 atom stereocenters. The molecule has 0 bridgehead atoms. The Labute approximate surface area is 190 Å². The van der Waals surface area contributed by atoms with Gasteiger partial charge in [-0.3, -0.25) is 14.9 Å². The van der Waals surface area contributed by atoms with Crippen LogP contribution in [0.5, 0.6) is 0 Å². The Morgan fingerprint density at radius 3 is 2.36 bits per heavy atom. The van der Waals surface area contributed by atoms with Gasteiger partial charge in [0, 0.05) is 50.9 Å². The zero-order valence-corrected chi connectivity index (χ0v) is 18.9. The van der Waals surface area contributed by atoms with Crippen LogP contribution in [0, 0.1) is 24.0 Å². The van der Waals surface area contributed by atoms with Crippen LogP contribution >= 0.6 is 0 Å². The van der Waals surface area contributed by atoms with Gasteiger partial charge in [0.15, 0.2) is 5.43 Å². The van der Waals surface area contributed by atoms with E-state index in [0.29, 0.717) is 48.2 Å². The summed E-state index contributed by atoms with van der Waals surface area (Å²) in [4.78, 5) is 33.6. The molecule has 8 heteroatoms. The second kappa shape index (κ2) is 7.88. The molecule has 1 aliphatic heterocycles. The van der Waals surface area contributed by atoms with E-state index in [1.54, 1.807) is 6.20 Å². The summed E-state index contributed by atoms with van der Waals surface area (Å²) < 4.78 is 1.98. The van der Waals surface area contributed by atoms with E-state index in [1.807, 2.05) is 66.8 Å². The van der Waals surface area contributed by atoms with Crippen LogP contribution in [0.3, 0.4) is 0 Å². The summed E-state index contributed by atoms with van der Waals surface area (Å²) in [5.41, 5.74) is 3.84. The fourth-order valence-corrected chi connectivity index (χ4v) is 4.91. The maximum absolute atomic E-state index is 13.4. The summed E-state index contributed by atoms with van der Waals surface area (Å²) >= 11 is 0. The maximum atomic E-state index is 13.4. The SMILES string of the molecule is Cc1cc(C)c2c(=O)c3cc([N+](=O)[O-])c(N4CCN(c5ccccn5)CC4)cc3n(C)c2c1. The maximum Gasteiger partial charge on any atom is 0.293 e. The highest BCUT2D eigenvalue weighted by atomic mass is 16.6. The van der Waals surface area contributed by atoms with Gasteiger partial charge >= 0.3 is 0 Å². The van der Waals surface area contributed by atoms with Crippen molar-refractivity contribution in [2.45, 2.75) is 13.8 Å². The van der Waals surface area contributed by atoms with E-state index in [1.165, 1.54) is 6.07 Å². The highest BCUT2D eigenvalue weighted by Crippen LogP contribution is 2.34. The minimum Gasteiger partial charge on any atom is -0.362 e. The molecule has 5 rings (SSSR count). The molecular weight excluding hydrogens is 418 g/mol. The number of nitrogens with zero attached hydrogens (tertiary/aromatic N) is 5. The van der Waals surface area contributed by atoms with Gasteiger partial charge in [0.2, 0.25) is 0 Å². The number of benzene rings is 2. The Hall–Kier alpha value is -3.94. The number of anilines is 2. The molecule has 1 saturated heterocycles. The van der Waals surface area contributed by atoms with E-state index in [0.717, 1.165) is 22.5 Å². The Morgan fingerprint density at radius 1 is 0.970 bits per heavy atom. The smallest absolute Gasteiger partial charge is 0.293 e. The average Bonchev–Trinajstić information content (AvgIpc) is 2.82. The Bertz CT molecular complexity index is 1450. The Morgan fingerprint density at radius 2 is 1.70 bits per heavy atom. The summed E-state index contributed by atoms with van der Waals surface area (Å²) in [6, 6.07) is 13.0. The van der Waals surface area contributed by atoms with E-state index < -0.39 is 0 Å². The Kier molecular flexibility index (Phi) is 5.00. The standard InChI is InChI=1S/C25H25N5O3/c1-16-12-17(2)24-22(13-16)27(3)19-15-20(21(30(32)33)14-18(19)25(24)31)28-8-10-29(11-9-28)23-6-4-5-7-26-23/h4-7,12-15H,8-11H2,1-3H3. The highest BCUT2D eigenvalue weighted by molar-refractivity contribution is 5.98. The average molecular weight is 444 g/mol. The second-order valence-electron chi connectivity index (χ2n) is 8.64. The van der Waals surface area contributed by atoms with E-state index in [-0.39, 0.29) is 16.0 Å². The van der Waals surface area contributed by atoms with Crippen LogP contribution in [0.4, 0.5) is 17.2 Å². The van der Waals surface area contributed by atoms with Crippen LogP contribution in [0.2, 0.25) is 0 Å². The molecule has 3 heterocycles. The third-order valence-corrected chi connectivity index (χ3v) is 6.54. The van der Waals surface area contributed by atoms with Crippen molar-refractivity contribution in [2.75, 3.05) is 36.0 Å². The van der Waals surface area contributed by atoms with Crippen molar-refractivity contribution in [1.82, 2.24) is 9.55 Å². The monoisotopic (exact) mass is 443 g/mol. The van der Waals surface area contributed by atoms with Crippen molar-refractivity contribution < 1.29 is 4.92 Å². The van der Waals surface area contributed by atoms with Gasteiger partial charge in [-0.2, -0.15) is 0 Å². The molecule has 0 unspecified atom stereocenters. The molecule has 1 aliphatic rings. The number of piperazine rings is 1. The minimum atomic E-state index is -0.383. The van der Waals surface area contributed by atoms with Crippen LogP contribution in [-0.2, 0) is 7.05 Å². The van der Waals surface area contributed by atoms with E-state index in [9.17, 15) is 14.9 Å². The van der Waals surface area contributed by atoms with Crippen molar-refractivity contribution in [2.24, 2.45) is 7.05 Å². The van der Waals surface area contributed by atoms with Crippen molar-refractivity contribution in [3.8, 4) is 0 Å². The molecule has 0 aliphatic carbocycles. The summed E-state index contributed by atoms with van der Waals surface area (Å²) in [5, 5.41) is 13.0. The lowest BCUT2D eigenvalue weighted by molar-refractivity contribution is -0.384. The van der Waals surface area contributed by atoms with Gasteiger partial charge in [-0.1, -0.05) is 12.1 Å². The lowest BCUT2D eigenvalue weighted by Crippen LogP contribution is -2.47. The third-order valence-electron chi connectivity index (χ3n) is 6.54. The minimum absolute atomic E-state index is 0.0324. The van der Waals surface area contributed by atoms with Gasteiger partial charge in [0.1, 0.15) is 11.5 Å². The van der Waals surface area contributed by atoms with Gasteiger partial charge in [0.25, 0.3) is 5.69 Å². The predicted molar refractivity (Wildman–Crippen MR) is 131 cm³/mol. The molecule has 1 fully saturated rings. The van der Waals surface area contributed by atoms with E-state index in [2.05, 4.69) is 9.88 Å². The normalized spacial score (nSPS) is 14.3. The predicted octanol–water partition coefficient (Wildman–Crippen LogP) is 3.94. The van der Waals surface area contributed by atoms with Gasteiger partial charge in [-0.15, -0.1) is 0 Å². The van der Waals surface area contributed by atoms with Crippen LogP contribution in [-0.4, -0.2) is 40.7 Å². The first-order valence-electron chi connectivity index (χ1n) is 11.0. The fraction of sp³-hybridized carbons (Fsp3) is 0.280. The van der Waals surface area contributed by atoms with Gasteiger partial charge in [0.05, 0.1) is 21.3 Å². The first-order valence-corrected chi connectivity index (χ1v) is 11.0. The largest absolute Gasteiger partial charge is 0.362 e. The number of nitro groups is 1. The number of rotatable bonds is 3. The van der Waals surface area contributed by atoms with Crippen LogP contribution in [0.25, 0.3) is 21.8 Å². The molecule has 0 saturated carbocycles. The number of aryl methyl sites for hydroxylation is 3. The van der Waals surface area contributed by atoms with Crippen LogP contribution in [0.15, 0.2) is 53.5 Å². The van der Waals surface area contributed by atoms with Crippen molar-refractivity contribution in [3.05, 3.63) is 80.1 Å². The molecule has 0 N–H and O–H groups in total. The van der Waals surface area contributed by atoms with Crippen molar-refractivity contribution in [1.29, 1.82) is 0 Å². The lowest BCUT2D eigenvalue weighted by atomic mass is 10.0. The summed E-state index contributed by atoms with van der Waals surface area (Å²) in [5.74, 6) is 0.907. The van der Waals surface area contributed by atoms with Crippen LogP contribution < -0.4 is 15.2 Å². The third kappa shape index (κ3) is 3.47. The number of hydrogen-bond donors (Lipinski definition) is 0.